The fourth-order valence-electron chi connectivity index (χ4n) is 4.82. The van der Waals surface area contributed by atoms with Gasteiger partial charge in [-0.3, -0.25) is 4.79 Å². The number of hydrogen-bond acceptors (Lipinski definition) is 4. The van der Waals surface area contributed by atoms with Gasteiger partial charge in [0.05, 0.1) is 0 Å². The second kappa shape index (κ2) is 6.69. The van der Waals surface area contributed by atoms with Crippen molar-refractivity contribution in [2.75, 3.05) is 31.1 Å². The fourth-order valence-corrected chi connectivity index (χ4v) is 4.82. The lowest BCUT2D eigenvalue weighted by Gasteiger charge is -2.34. The molecule has 3 fully saturated rings. The first-order chi connectivity index (χ1) is 11.7. The highest BCUT2D eigenvalue weighted by molar-refractivity contribution is 5.79. The lowest BCUT2D eigenvalue weighted by atomic mass is 9.82. The maximum Gasteiger partial charge on any atom is 0.225 e. The molecule has 1 aromatic rings. The number of amides is 1. The van der Waals surface area contributed by atoms with Crippen LogP contribution in [0.25, 0.3) is 0 Å². The molecule has 4 rings (SSSR count). The van der Waals surface area contributed by atoms with Crippen molar-refractivity contribution in [1.82, 2.24) is 14.9 Å². The Labute approximate surface area is 144 Å². The molecule has 1 saturated carbocycles. The number of fused-ring (bicyclic) bond motifs is 1. The maximum absolute atomic E-state index is 12.9. The maximum atomic E-state index is 12.9. The summed E-state index contributed by atoms with van der Waals surface area (Å²) in [6.45, 7) is 5.82. The molecule has 3 heterocycles. The first-order valence-corrected chi connectivity index (χ1v) is 9.54. The summed E-state index contributed by atoms with van der Waals surface area (Å²) < 4.78 is 0. The molecule has 24 heavy (non-hydrogen) atoms. The van der Waals surface area contributed by atoms with Crippen molar-refractivity contribution in [2.24, 2.45) is 17.8 Å². The highest BCUT2D eigenvalue weighted by Gasteiger charge is 2.39. The van der Waals surface area contributed by atoms with Gasteiger partial charge in [-0.15, -0.1) is 0 Å². The van der Waals surface area contributed by atoms with Crippen LogP contribution in [-0.4, -0.2) is 47.0 Å². The third-order valence-corrected chi connectivity index (χ3v) is 6.22. The molecule has 0 aromatic carbocycles. The van der Waals surface area contributed by atoms with E-state index in [1.54, 1.807) is 0 Å². The number of carbonyl (C=O) groups is 1. The Morgan fingerprint density at radius 2 is 1.75 bits per heavy atom. The molecule has 5 nitrogen and oxygen atoms in total. The number of piperidine rings is 1. The van der Waals surface area contributed by atoms with Gasteiger partial charge in [0.15, 0.2) is 0 Å². The largest absolute Gasteiger partial charge is 0.356 e. The van der Waals surface area contributed by atoms with E-state index in [1.807, 2.05) is 19.2 Å². The molecule has 2 aliphatic heterocycles. The average molecular weight is 328 g/mol. The number of anilines is 1. The van der Waals surface area contributed by atoms with E-state index < -0.39 is 0 Å². The highest BCUT2D eigenvalue weighted by Crippen LogP contribution is 2.37. The summed E-state index contributed by atoms with van der Waals surface area (Å²) in [7, 11) is 0. The second-order valence-electron chi connectivity index (χ2n) is 7.77. The lowest BCUT2D eigenvalue weighted by molar-refractivity contribution is -0.135. The van der Waals surface area contributed by atoms with Crippen LogP contribution in [0, 0.1) is 24.7 Å². The number of aromatic nitrogens is 2. The van der Waals surface area contributed by atoms with Crippen molar-refractivity contribution in [3.8, 4) is 0 Å². The van der Waals surface area contributed by atoms with Crippen LogP contribution in [0.3, 0.4) is 0 Å². The molecule has 2 saturated heterocycles. The Balaban J connectivity index is 1.33. The molecule has 1 aromatic heterocycles. The molecule has 3 aliphatic rings. The summed E-state index contributed by atoms with van der Waals surface area (Å²) in [5.41, 5.74) is 0. The second-order valence-corrected chi connectivity index (χ2v) is 7.77. The molecule has 0 radical (unpaired) electrons. The predicted molar refractivity (Wildman–Crippen MR) is 93.7 cm³/mol. The molecule has 5 heteroatoms. The van der Waals surface area contributed by atoms with Crippen LogP contribution in [-0.2, 0) is 4.79 Å². The average Bonchev–Trinajstić information content (AvgIpc) is 3.05. The third kappa shape index (κ3) is 3.13. The molecule has 0 bridgehead atoms. The van der Waals surface area contributed by atoms with Crippen LogP contribution < -0.4 is 4.90 Å². The van der Waals surface area contributed by atoms with Gasteiger partial charge in [-0.1, -0.05) is 12.8 Å². The van der Waals surface area contributed by atoms with Crippen LogP contribution in [0.1, 0.15) is 44.3 Å². The summed E-state index contributed by atoms with van der Waals surface area (Å²) in [6.07, 6.45) is 9.11. The Bertz CT molecular complexity index is 583. The molecule has 130 valence electrons. The molecule has 1 aliphatic carbocycles. The Hall–Kier alpha value is -1.65. The molecule has 0 N–H and O–H groups in total. The highest BCUT2D eigenvalue weighted by atomic mass is 16.2. The van der Waals surface area contributed by atoms with Crippen molar-refractivity contribution in [3.05, 3.63) is 18.1 Å². The van der Waals surface area contributed by atoms with Gasteiger partial charge in [0, 0.05) is 38.3 Å². The summed E-state index contributed by atoms with van der Waals surface area (Å²) in [5, 5.41) is 0. The van der Waals surface area contributed by atoms with E-state index >= 15 is 0 Å². The van der Waals surface area contributed by atoms with Gasteiger partial charge in [0.1, 0.15) is 11.6 Å². The fraction of sp³-hybridized carbons (Fsp3) is 0.737. The smallest absolute Gasteiger partial charge is 0.225 e. The zero-order chi connectivity index (χ0) is 16.5. The zero-order valence-electron chi connectivity index (χ0n) is 14.7. The van der Waals surface area contributed by atoms with Crippen molar-refractivity contribution in [2.45, 2.75) is 45.4 Å². The van der Waals surface area contributed by atoms with Gasteiger partial charge < -0.3 is 9.80 Å². The minimum Gasteiger partial charge on any atom is -0.356 e. The first kappa shape index (κ1) is 15.9. The van der Waals surface area contributed by atoms with Crippen LogP contribution >= 0.6 is 0 Å². The van der Waals surface area contributed by atoms with Crippen LogP contribution in [0.15, 0.2) is 12.3 Å². The summed E-state index contributed by atoms with van der Waals surface area (Å²) in [5.74, 6) is 4.01. The van der Waals surface area contributed by atoms with Gasteiger partial charge in [-0.25, -0.2) is 9.97 Å². The Morgan fingerprint density at radius 1 is 1.08 bits per heavy atom. The molecular weight excluding hydrogens is 300 g/mol. The van der Waals surface area contributed by atoms with Crippen molar-refractivity contribution < 1.29 is 4.79 Å². The molecule has 0 spiro atoms. The van der Waals surface area contributed by atoms with E-state index in [0.717, 1.165) is 62.5 Å². The monoisotopic (exact) mass is 328 g/mol. The minimum absolute atomic E-state index is 0.212. The first-order valence-electron chi connectivity index (χ1n) is 9.54. The van der Waals surface area contributed by atoms with E-state index in [4.69, 9.17) is 0 Å². The Morgan fingerprint density at radius 3 is 2.38 bits per heavy atom. The van der Waals surface area contributed by atoms with E-state index in [1.165, 1.54) is 25.7 Å². The summed E-state index contributed by atoms with van der Waals surface area (Å²) in [6, 6.07) is 1.97. The number of rotatable bonds is 2. The standard InChI is InChI=1S/C19H28N4O/c1-14-20-9-6-18(21-14)22-10-7-15(8-11-22)19(24)23-12-16-4-2-3-5-17(16)13-23/h6,9,15-17H,2-5,7-8,10-13H2,1H3. The predicted octanol–water partition coefficient (Wildman–Crippen LogP) is 2.65. The van der Waals surface area contributed by atoms with Crippen molar-refractivity contribution >= 4 is 11.7 Å². The van der Waals surface area contributed by atoms with Gasteiger partial charge in [0.2, 0.25) is 5.91 Å². The summed E-state index contributed by atoms with van der Waals surface area (Å²) in [4.78, 5) is 26.1. The molecule has 1 amide bonds. The third-order valence-electron chi connectivity index (χ3n) is 6.22. The van der Waals surface area contributed by atoms with Gasteiger partial charge in [-0.2, -0.15) is 0 Å². The molecule has 2 atom stereocenters. The van der Waals surface area contributed by atoms with E-state index in [2.05, 4.69) is 19.8 Å². The Kier molecular flexibility index (Phi) is 4.42. The topological polar surface area (TPSA) is 49.3 Å². The number of likely N-dealkylation sites (tertiary alicyclic amines) is 1. The zero-order valence-corrected chi connectivity index (χ0v) is 14.7. The van der Waals surface area contributed by atoms with E-state index in [9.17, 15) is 4.79 Å². The van der Waals surface area contributed by atoms with Crippen LogP contribution in [0.2, 0.25) is 0 Å². The number of aryl methyl sites for hydroxylation is 1. The molecule has 2 unspecified atom stereocenters. The van der Waals surface area contributed by atoms with Crippen molar-refractivity contribution in [3.63, 3.8) is 0 Å². The van der Waals surface area contributed by atoms with Gasteiger partial charge in [0.25, 0.3) is 0 Å². The van der Waals surface area contributed by atoms with Crippen molar-refractivity contribution in [1.29, 1.82) is 0 Å². The number of carbonyl (C=O) groups excluding carboxylic acids is 1. The number of nitrogens with zero attached hydrogens (tertiary/aromatic N) is 4. The van der Waals surface area contributed by atoms with E-state index in [-0.39, 0.29) is 5.92 Å². The number of hydrogen-bond donors (Lipinski definition) is 0. The SMILES string of the molecule is Cc1nccc(N2CCC(C(=O)N3CC4CCCCC4C3)CC2)n1. The van der Waals surface area contributed by atoms with Gasteiger partial charge >= 0.3 is 0 Å². The minimum atomic E-state index is 0.212. The molecular formula is C19H28N4O. The quantitative estimate of drug-likeness (QED) is 0.837. The summed E-state index contributed by atoms with van der Waals surface area (Å²) >= 11 is 0. The lowest BCUT2D eigenvalue weighted by Crippen LogP contribution is -2.42. The van der Waals surface area contributed by atoms with Crippen LogP contribution in [0.5, 0.6) is 0 Å². The van der Waals surface area contributed by atoms with Crippen LogP contribution in [0.4, 0.5) is 5.82 Å². The normalized spacial score (nSPS) is 28.0. The van der Waals surface area contributed by atoms with E-state index in [0.29, 0.717) is 5.91 Å². The van der Waals surface area contributed by atoms with Gasteiger partial charge in [-0.05, 0) is 50.5 Å².